The zero-order valence-electron chi connectivity index (χ0n) is 16.5. The normalized spacial score (nSPS) is 29.5. The molecule has 30 heavy (non-hydrogen) atoms. The van der Waals surface area contributed by atoms with Crippen LogP contribution in [0.25, 0.3) is 0 Å². The van der Waals surface area contributed by atoms with Gasteiger partial charge in [-0.2, -0.15) is 0 Å². The van der Waals surface area contributed by atoms with Gasteiger partial charge in [0.2, 0.25) is 11.8 Å². The van der Waals surface area contributed by atoms with Crippen LogP contribution in [-0.2, 0) is 26.5 Å². The number of benzene rings is 2. The molecule has 0 bridgehead atoms. The lowest BCUT2D eigenvalue weighted by molar-refractivity contribution is -0.143. The van der Waals surface area contributed by atoms with Crippen molar-refractivity contribution in [2.24, 2.45) is 11.8 Å². The second-order valence-corrected chi connectivity index (χ2v) is 8.11. The molecule has 3 aliphatic heterocycles. The molecule has 150 valence electrons. The van der Waals surface area contributed by atoms with Crippen LogP contribution in [0.2, 0.25) is 0 Å². The number of nitrogens with zero attached hydrogens (tertiary/aromatic N) is 2. The summed E-state index contributed by atoms with van der Waals surface area (Å²) in [5, 5.41) is 3.34. The van der Waals surface area contributed by atoms with Crippen LogP contribution >= 0.6 is 0 Å². The Balaban J connectivity index is 1.61. The van der Waals surface area contributed by atoms with Crippen molar-refractivity contribution >= 4 is 23.4 Å². The molecule has 0 saturated carbocycles. The van der Waals surface area contributed by atoms with Crippen molar-refractivity contribution in [1.29, 1.82) is 0 Å². The number of imide groups is 1. The zero-order chi connectivity index (χ0) is 21.0. The molecule has 1 N–H and O–H groups in total. The van der Waals surface area contributed by atoms with Crippen LogP contribution in [0.4, 0.5) is 5.69 Å². The molecule has 2 aromatic carbocycles. The number of terminal acetylenes is 1. The molecule has 0 aromatic heterocycles. The quantitative estimate of drug-likeness (QED) is 0.630. The fourth-order valence-corrected chi connectivity index (χ4v) is 5.34. The Morgan fingerprint density at radius 2 is 1.70 bits per heavy atom. The molecule has 5 rings (SSSR count). The van der Waals surface area contributed by atoms with E-state index in [0.717, 1.165) is 5.56 Å². The third kappa shape index (κ3) is 2.27. The van der Waals surface area contributed by atoms with Crippen LogP contribution in [-0.4, -0.2) is 35.2 Å². The van der Waals surface area contributed by atoms with E-state index in [9.17, 15) is 14.4 Å². The molecule has 1 spiro atoms. The number of carbonyl (C=O) groups excluding carboxylic acids is 3. The minimum absolute atomic E-state index is 0.112. The van der Waals surface area contributed by atoms with Gasteiger partial charge in [0.25, 0.3) is 5.91 Å². The van der Waals surface area contributed by atoms with Gasteiger partial charge in [0, 0.05) is 11.6 Å². The molecule has 3 heterocycles. The Morgan fingerprint density at radius 3 is 2.43 bits per heavy atom. The Morgan fingerprint density at radius 1 is 1.00 bits per heavy atom. The third-order valence-corrected chi connectivity index (χ3v) is 6.54. The van der Waals surface area contributed by atoms with Crippen molar-refractivity contribution in [3.63, 3.8) is 0 Å². The van der Waals surface area contributed by atoms with Crippen LogP contribution in [0.5, 0.6) is 0 Å². The van der Waals surface area contributed by atoms with Crippen molar-refractivity contribution < 1.29 is 14.4 Å². The Labute approximate surface area is 174 Å². The maximum Gasteiger partial charge on any atom is 0.253 e. The van der Waals surface area contributed by atoms with Gasteiger partial charge in [0.05, 0.1) is 30.6 Å². The average Bonchev–Trinajstić information content (AvgIpc) is 3.29. The van der Waals surface area contributed by atoms with E-state index in [1.807, 2.05) is 61.5 Å². The molecular formula is C24H21N3O3. The first-order chi connectivity index (χ1) is 14.5. The molecule has 6 heteroatoms. The van der Waals surface area contributed by atoms with E-state index in [4.69, 9.17) is 6.42 Å². The SMILES string of the molecule is C#CCN1C(=O)[C@]2(N[C@H](C)[C@H]3C(=O)N(Cc4ccccc4)C(=O)[C@H]32)c2ccccc21. The fraction of sp³-hybridized carbons (Fsp3) is 0.292. The number of fused-ring (bicyclic) bond motifs is 4. The first-order valence-corrected chi connectivity index (χ1v) is 10.0. The van der Waals surface area contributed by atoms with E-state index in [1.54, 1.807) is 0 Å². The van der Waals surface area contributed by atoms with Gasteiger partial charge in [-0.1, -0.05) is 54.5 Å². The zero-order valence-corrected chi connectivity index (χ0v) is 16.5. The Hall–Kier alpha value is -3.43. The number of hydrogen-bond donors (Lipinski definition) is 1. The van der Waals surface area contributed by atoms with E-state index in [-0.39, 0.29) is 36.9 Å². The summed E-state index contributed by atoms with van der Waals surface area (Å²) in [5.41, 5.74) is 1.02. The summed E-state index contributed by atoms with van der Waals surface area (Å²) >= 11 is 0. The van der Waals surface area contributed by atoms with Crippen LogP contribution in [0.3, 0.4) is 0 Å². The molecule has 2 aromatic rings. The van der Waals surface area contributed by atoms with Crippen LogP contribution < -0.4 is 10.2 Å². The van der Waals surface area contributed by atoms with Gasteiger partial charge >= 0.3 is 0 Å². The molecule has 6 nitrogen and oxygen atoms in total. The van der Waals surface area contributed by atoms with Crippen LogP contribution in [0.1, 0.15) is 18.1 Å². The van der Waals surface area contributed by atoms with Crippen molar-refractivity contribution in [2.45, 2.75) is 25.0 Å². The van der Waals surface area contributed by atoms with Gasteiger partial charge < -0.3 is 0 Å². The minimum atomic E-state index is -1.27. The number of carbonyl (C=O) groups is 3. The summed E-state index contributed by atoms with van der Waals surface area (Å²) in [6.45, 7) is 2.18. The predicted molar refractivity (Wildman–Crippen MR) is 111 cm³/mol. The standard InChI is InChI=1S/C24H21N3O3/c1-3-13-26-18-12-8-7-11-17(18)24(23(26)30)20-19(15(2)25-24)21(28)27(22(20)29)14-16-9-5-4-6-10-16/h1,4-12,15,19-20,25H,13-14H2,2H3/t15-,19-,20+,24+/m1/s1. The topological polar surface area (TPSA) is 69.7 Å². The first-order valence-electron chi connectivity index (χ1n) is 10.0. The predicted octanol–water partition coefficient (Wildman–Crippen LogP) is 1.65. The summed E-state index contributed by atoms with van der Waals surface area (Å²) in [6, 6.07) is 16.5. The molecule has 3 amide bonds. The van der Waals surface area contributed by atoms with Crippen LogP contribution in [0, 0.1) is 24.2 Å². The summed E-state index contributed by atoms with van der Waals surface area (Å²) in [7, 11) is 0. The molecule has 2 fully saturated rings. The molecule has 0 radical (unpaired) electrons. The fourth-order valence-electron chi connectivity index (χ4n) is 5.34. The molecule has 2 saturated heterocycles. The monoisotopic (exact) mass is 399 g/mol. The van der Waals surface area contributed by atoms with Crippen molar-refractivity contribution in [3.05, 3.63) is 65.7 Å². The molecule has 0 unspecified atom stereocenters. The second-order valence-electron chi connectivity index (χ2n) is 8.11. The van der Waals surface area contributed by atoms with Crippen molar-refractivity contribution in [2.75, 3.05) is 11.4 Å². The number of likely N-dealkylation sites (tertiary alicyclic amines) is 1. The van der Waals surface area contributed by atoms with Crippen LogP contribution in [0.15, 0.2) is 54.6 Å². The van der Waals surface area contributed by atoms with E-state index < -0.39 is 17.4 Å². The highest BCUT2D eigenvalue weighted by Gasteiger charge is 2.70. The van der Waals surface area contributed by atoms with Crippen molar-refractivity contribution in [3.8, 4) is 12.3 Å². The lowest BCUT2D eigenvalue weighted by Crippen LogP contribution is -2.54. The third-order valence-electron chi connectivity index (χ3n) is 6.54. The lowest BCUT2D eigenvalue weighted by Gasteiger charge is -2.30. The average molecular weight is 399 g/mol. The molecular weight excluding hydrogens is 378 g/mol. The molecule has 3 aliphatic rings. The highest BCUT2D eigenvalue weighted by atomic mass is 16.2. The number of nitrogens with one attached hydrogen (secondary N) is 1. The van der Waals surface area contributed by atoms with Gasteiger partial charge in [-0.15, -0.1) is 6.42 Å². The number of rotatable bonds is 3. The molecule has 0 aliphatic carbocycles. The second kappa shape index (κ2) is 6.54. The van der Waals surface area contributed by atoms with Gasteiger partial charge in [0.1, 0.15) is 5.54 Å². The summed E-state index contributed by atoms with van der Waals surface area (Å²) in [5.74, 6) is 0.350. The van der Waals surface area contributed by atoms with E-state index in [2.05, 4.69) is 11.2 Å². The van der Waals surface area contributed by atoms with E-state index >= 15 is 0 Å². The minimum Gasteiger partial charge on any atom is -0.298 e. The number of anilines is 1. The number of amides is 3. The highest BCUT2D eigenvalue weighted by molar-refractivity contribution is 6.16. The maximum absolute atomic E-state index is 13.7. The van der Waals surface area contributed by atoms with Crippen molar-refractivity contribution in [1.82, 2.24) is 10.2 Å². The van der Waals surface area contributed by atoms with Gasteiger partial charge in [-0.05, 0) is 18.6 Å². The lowest BCUT2D eigenvalue weighted by atomic mass is 9.76. The smallest absolute Gasteiger partial charge is 0.253 e. The Kier molecular flexibility index (Phi) is 4.05. The summed E-state index contributed by atoms with van der Waals surface area (Å²) in [6.07, 6.45) is 5.51. The first kappa shape index (κ1) is 18.6. The van der Waals surface area contributed by atoms with E-state index in [0.29, 0.717) is 11.3 Å². The largest absolute Gasteiger partial charge is 0.298 e. The van der Waals surface area contributed by atoms with Gasteiger partial charge in [-0.3, -0.25) is 29.5 Å². The summed E-state index contributed by atoms with van der Waals surface area (Å²) in [4.78, 5) is 43.4. The van der Waals surface area contributed by atoms with Gasteiger partial charge in [-0.25, -0.2) is 0 Å². The number of hydrogen-bond acceptors (Lipinski definition) is 4. The highest BCUT2D eigenvalue weighted by Crippen LogP contribution is 2.54. The van der Waals surface area contributed by atoms with E-state index in [1.165, 1.54) is 9.80 Å². The Bertz CT molecular complexity index is 1110. The molecule has 4 atom stereocenters. The number of para-hydroxylation sites is 1. The maximum atomic E-state index is 13.7. The summed E-state index contributed by atoms with van der Waals surface area (Å²) < 4.78 is 0. The van der Waals surface area contributed by atoms with Gasteiger partial charge in [0.15, 0.2) is 0 Å².